The van der Waals surface area contributed by atoms with E-state index >= 15 is 0 Å². The molecule has 0 atom stereocenters. The normalized spacial score (nSPS) is 9.57. The molecule has 74 valence electrons. The van der Waals surface area contributed by atoms with Crippen LogP contribution in [0, 0.1) is 25.2 Å². The molecule has 14 heavy (non-hydrogen) atoms. The summed E-state index contributed by atoms with van der Waals surface area (Å²) >= 11 is 0. The molecule has 0 heterocycles. The molecule has 0 aliphatic carbocycles. The summed E-state index contributed by atoms with van der Waals surface area (Å²) in [5.74, 6) is 0.588. The van der Waals surface area contributed by atoms with Gasteiger partial charge in [-0.2, -0.15) is 5.26 Å². The fourth-order valence-corrected chi connectivity index (χ4v) is 1.47. The van der Waals surface area contributed by atoms with Gasteiger partial charge in [-0.3, -0.25) is 0 Å². The van der Waals surface area contributed by atoms with E-state index in [1.807, 2.05) is 13.8 Å². The fourth-order valence-electron chi connectivity index (χ4n) is 1.47. The smallest absolute Gasteiger partial charge is 0.163 e. The minimum absolute atomic E-state index is 0.0980. The molecule has 0 saturated carbocycles. The van der Waals surface area contributed by atoms with Crippen LogP contribution >= 0.6 is 0 Å². The van der Waals surface area contributed by atoms with Crippen LogP contribution < -0.4 is 4.74 Å². The van der Waals surface area contributed by atoms with Gasteiger partial charge in [0.15, 0.2) is 11.5 Å². The van der Waals surface area contributed by atoms with Crippen molar-refractivity contribution in [3.63, 3.8) is 0 Å². The van der Waals surface area contributed by atoms with Crippen LogP contribution in [0.5, 0.6) is 11.5 Å². The Morgan fingerprint density at radius 2 is 2.07 bits per heavy atom. The minimum atomic E-state index is 0.0980. The highest BCUT2D eigenvalue weighted by molar-refractivity contribution is 5.53. The first-order valence-electron chi connectivity index (χ1n) is 4.34. The molecule has 1 N–H and O–H groups in total. The lowest BCUT2D eigenvalue weighted by atomic mass is 10.00. The van der Waals surface area contributed by atoms with Crippen molar-refractivity contribution in [2.45, 2.75) is 20.3 Å². The van der Waals surface area contributed by atoms with Crippen molar-refractivity contribution < 1.29 is 9.84 Å². The molecule has 0 radical (unpaired) electrons. The molecule has 0 bridgehead atoms. The molecule has 0 aliphatic rings. The Bertz CT molecular complexity index is 391. The second kappa shape index (κ2) is 4.01. The van der Waals surface area contributed by atoms with Gasteiger partial charge in [-0.25, -0.2) is 0 Å². The van der Waals surface area contributed by atoms with Gasteiger partial charge in [0.1, 0.15) is 0 Å². The Morgan fingerprint density at radius 3 is 2.57 bits per heavy atom. The Hall–Kier alpha value is -1.69. The first-order chi connectivity index (χ1) is 6.61. The Balaban J connectivity index is 3.34. The van der Waals surface area contributed by atoms with Crippen LogP contribution in [0.1, 0.15) is 16.7 Å². The largest absolute Gasteiger partial charge is 0.504 e. The molecular formula is C11H13NO2. The molecule has 3 heteroatoms. The van der Waals surface area contributed by atoms with Gasteiger partial charge in [0.05, 0.1) is 19.6 Å². The number of phenols is 1. The molecule has 0 aliphatic heterocycles. The number of benzene rings is 1. The number of hydrogen-bond acceptors (Lipinski definition) is 3. The summed E-state index contributed by atoms with van der Waals surface area (Å²) in [5, 5.41) is 18.2. The highest BCUT2D eigenvalue weighted by atomic mass is 16.5. The number of nitriles is 1. The van der Waals surface area contributed by atoms with Crippen LogP contribution in [0.25, 0.3) is 0 Å². The van der Waals surface area contributed by atoms with Crippen LogP contribution in [-0.2, 0) is 6.42 Å². The maximum absolute atomic E-state index is 9.59. The molecule has 0 aromatic heterocycles. The Labute approximate surface area is 83.6 Å². The molecule has 0 fully saturated rings. The first-order valence-corrected chi connectivity index (χ1v) is 4.34. The van der Waals surface area contributed by atoms with Gasteiger partial charge in [-0.05, 0) is 36.6 Å². The molecule has 0 saturated heterocycles. The zero-order valence-electron chi connectivity index (χ0n) is 8.59. The maximum Gasteiger partial charge on any atom is 0.163 e. The lowest BCUT2D eigenvalue weighted by Crippen LogP contribution is -1.96. The third-order valence-corrected chi connectivity index (χ3v) is 2.40. The van der Waals surface area contributed by atoms with Gasteiger partial charge in [0.25, 0.3) is 0 Å². The number of methoxy groups -OCH3 is 1. The number of hydrogen-bond donors (Lipinski definition) is 1. The van der Waals surface area contributed by atoms with Gasteiger partial charge in [0, 0.05) is 0 Å². The van der Waals surface area contributed by atoms with Crippen LogP contribution in [0.2, 0.25) is 0 Å². The average Bonchev–Trinajstić information content (AvgIpc) is 2.15. The summed E-state index contributed by atoms with van der Waals surface area (Å²) in [6, 6.07) is 3.65. The van der Waals surface area contributed by atoms with Crippen LogP contribution in [0.4, 0.5) is 0 Å². The van der Waals surface area contributed by atoms with E-state index in [-0.39, 0.29) is 5.75 Å². The molecule has 0 amide bonds. The van der Waals surface area contributed by atoms with Crippen molar-refractivity contribution >= 4 is 0 Å². The van der Waals surface area contributed by atoms with Crippen molar-refractivity contribution in [1.29, 1.82) is 5.26 Å². The van der Waals surface area contributed by atoms with E-state index in [4.69, 9.17) is 10.00 Å². The Morgan fingerprint density at radius 1 is 1.43 bits per heavy atom. The standard InChI is InChI=1S/C11H13NO2/c1-7-8(2)11(14-3)10(13)6-9(7)4-5-12/h6,13H,4H2,1-3H3. The second-order valence-electron chi connectivity index (χ2n) is 3.17. The Kier molecular flexibility index (Phi) is 2.98. The lowest BCUT2D eigenvalue weighted by Gasteiger charge is -2.12. The predicted molar refractivity (Wildman–Crippen MR) is 53.4 cm³/mol. The van der Waals surface area contributed by atoms with Gasteiger partial charge >= 0.3 is 0 Å². The summed E-state index contributed by atoms with van der Waals surface area (Å²) in [7, 11) is 1.52. The zero-order valence-corrected chi connectivity index (χ0v) is 8.59. The SMILES string of the molecule is COc1c(O)cc(CC#N)c(C)c1C. The van der Waals surface area contributed by atoms with Gasteiger partial charge in [-0.1, -0.05) is 0 Å². The lowest BCUT2D eigenvalue weighted by molar-refractivity contribution is 0.370. The number of aromatic hydroxyl groups is 1. The molecule has 1 rings (SSSR count). The number of rotatable bonds is 2. The number of nitrogens with zero attached hydrogens (tertiary/aromatic N) is 1. The first kappa shape index (κ1) is 10.4. The van der Waals surface area contributed by atoms with E-state index in [9.17, 15) is 5.11 Å². The molecular weight excluding hydrogens is 178 g/mol. The third kappa shape index (κ3) is 1.64. The van der Waals surface area contributed by atoms with Crippen molar-refractivity contribution in [2.75, 3.05) is 7.11 Å². The average molecular weight is 191 g/mol. The van der Waals surface area contributed by atoms with Crippen LogP contribution in [0.3, 0.4) is 0 Å². The minimum Gasteiger partial charge on any atom is -0.504 e. The summed E-state index contributed by atoms with van der Waals surface area (Å²) in [6.45, 7) is 3.79. The molecule has 0 unspecified atom stereocenters. The summed E-state index contributed by atoms with van der Waals surface area (Å²) < 4.78 is 5.06. The highest BCUT2D eigenvalue weighted by Gasteiger charge is 2.11. The van der Waals surface area contributed by atoms with Gasteiger partial charge < -0.3 is 9.84 Å². The monoisotopic (exact) mass is 191 g/mol. The third-order valence-electron chi connectivity index (χ3n) is 2.40. The topological polar surface area (TPSA) is 53.2 Å². The van der Waals surface area contributed by atoms with Crippen LogP contribution in [0.15, 0.2) is 6.07 Å². The van der Waals surface area contributed by atoms with Gasteiger partial charge in [-0.15, -0.1) is 0 Å². The molecule has 1 aromatic carbocycles. The molecule has 0 spiro atoms. The van der Waals surface area contributed by atoms with E-state index < -0.39 is 0 Å². The van der Waals surface area contributed by atoms with E-state index in [0.717, 1.165) is 16.7 Å². The fraction of sp³-hybridized carbons (Fsp3) is 0.364. The van der Waals surface area contributed by atoms with E-state index in [1.165, 1.54) is 7.11 Å². The zero-order chi connectivity index (χ0) is 10.7. The highest BCUT2D eigenvalue weighted by Crippen LogP contribution is 2.34. The van der Waals surface area contributed by atoms with E-state index in [2.05, 4.69) is 6.07 Å². The van der Waals surface area contributed by atoms with Crippen molar-refractivity contribution in [2.24, 2.45) is 0 Å². The summed E-state index contributed by atoms with van der Waals surface area (Å²) in [5.41, 5.74) is 2.74. The van der Waals surface area contributed by atoms with E-state index in [1.54, 1.807) is 6.07 Å². The van der Waals surface area contributed by atoms with Crippen LogP contribution in [-0.4, -0.2) is 12.2 Å². The quantitative estimate of drug-likeness (QED) is 0.778. The van der Waals surface area contributed by atoms with Crippen molar-refractivity contribution in [3.8, 4) is 17.6 Å². The molecule has 1 aromatic rings. The number of phenolic OH excluding ortho intramolecular Hbond substituents is 1. The van der Waals surface area contributed by atoms with Crippen molar-refractivity contribution in [1.82, 2.24) is 0 Å². The predicted octanol–water partition coefficient (Wildman–Crippen LogP) is 2.08. The van der Waals surface area contributed by atoms with E-state index in [0.29, 0.717) is 12.2 Å². The van der Waals surface area contributed by atoms with Gasteiger partial charge in [0.2, 0.25) is 0 Å². The van der Waals surface area contributed by atoms with Crippen molar-refractivity contribution in [3.05, 3.63) is 22.8 Å². The summed E-state index contributed by atoms with van der Waals surface area (Å²) in [4.78, 5) is 0. The molecule has 3 nitrogen and oxygen atoms in total. The number of ether oxygens (including phenoxy) is 1. The maximum atomic E-state index is 9.59. The summed E-state index contributed by atoms with van der Waals surface area (Å²) in [6.07, 6.45) is 0.310. The second-order valence-corrected chi connectivity index (χ2v) is 3.17.